The van der Waals surface area contributed by atoms with E-state index in [0.29, 0.717) is 11.0 Å². The number of carbonyl (C=O) groups is 1. The Hall–Kier alpha value is -1.68. The van der Waals surface area contributed by atoms with Crippen LogP contribution in [0.2, 0.25) is 0 Å². The van der Waals surface area contributed by atoms with Crippen LogP contribution in [-0.4, -0.2) is 5.91 Å². The third-order valence-electron chi connectivity index (χ3n) is 3.44. The molecule has 0 fully saturated rings. The van der Waals surface area contributed by atoms with Gasteiger partial charge in [0.15, 0.2) is 0 Å². The fourth-order valence-electron chi connectivity index (χ4n) is 2.10. The molecule has 0 aliphatic carbocycles. The van der Waals surface area contributed by atoms with Crippen LogP contribution in [0.25, 0.3) is 0 Å². The topological polar surface area (TPSA) is 29.1 Å². The van der Waals surface area contributed by atoms with Gasteiger partial charge in [0, 0.05) is 11.0 Å². The van der Waals surface area contributed by atoms with Gasteiger partial charge in [-0.25, -0.2) is 4.39 Å². The van der Waals surface area contributed by atoms with E-state index in [1.54, 1.807) is 6.07 Å². The zero-order valence-electron chi connectivity index (χ0n) is 12.0. The van der Waals surface area contributed by atoms with Gasteiger partial charge >= 0.3 is 0 Å². The molecule has 21 heavy (non-hydrogen) atoms. The molecular formula is C17H17BrFNO. The minimum atomic E-state index is -0.633. The summed E-state index contributed by atoms with van der Waals surface area (Å²) in [6, 6.07) is 14.2. The molecule has 0 saturated heterocycles. The summed E-state index contributed by atoms with van der Waals surface area (Å²) in [6.45, 7) is 4.05. The van der Waals surface area contributed by atoms with Crippen LogP contribution in [-0.2, 0) is 16.8 Å². The summed E-state index contributed by atoms with van der Waals surface area (Å²) in [5, 5.41) is 2.87. The Morgan fingerprint density at radius 1 is 1.19 bits per heavy atom. The van der Waals surface area contributed by atoms with Gasteiger partial charge in [0.2, 0.25) is 5.91 Å². The van der Waals surface area contributed by atoms with E-state index < -0.39 is 5.41 Å². The van der Waals surface area contributed by atoms with Crippen molar-refractivity contribution in [3.8, 4) is 0 Å². The van der Waals surface area contributed by atoms with E-state index in [2.05, 4.69) is 21.2 Å². The lowest BCUT2D eigenvalue weighted by Crippen LogP contribution is -2.39. The summed E-state index contributed by atoms with van der Waals surface area (Å²) < 4.78 is 14.0. The highest BCUT2D eigenvalue weighted by atomic mass is 79.9. The quantitative estimate of drug-likeness (QED) is 0.881. The van der Waals surface area contributed by atoms with Crippen molar-refractivity contribution in [1.29, 1.82) is 0 Å². The largest absolute Gasteiger partial charge is 0.351 e. The Morgan fingerprint density at radius 3 is 2.48 bits per heavy atom. The van der Waals surface area contributed by atoms with Gasteiger partial charge in [0.05, 0.1) is 5.41 Å². The maximum absolute atomic E-state index is 13.3. The van der Waals surface area contributed by atoms with Gasteiger partial charge in [-0.15, -0.1) is 0 Å². The molecule has 110 valence electrons. The first-order valence-corrected chi connectivity index (χ1v) is 7.47. The number of benzene rings is 2. The zero-order valence-corrected chi connectivity index (χ0v) is 13.6. The van der Waals surface area contributed by atoms with E-state index in [-0.39, 0.29) is 11.7 Å². The molecule has 0 saturated carbocycles. The average Bonchev–Trinajstić information content (AvgIpc) is 2.44. The standard InChI is InChI=1S/C17H17BrFNO/c1-17(2,13-6-4-3-5-7-13)16(21)20-11-12-8-14(18)10-15(19)9-12/h3-10H,11H2,1-2H3,(H,20,21). The van der Waals surface area contributed by atoms with Crippen LogP contribution in [0.5, 0.6) is 0 Å². The molecule has 0 atom stereocenters. The Labute approximate surface area is 132 Å². The molecule has 0 radical (unpaired) electrons. The summed E-state index contributed by atoms with van der Waals surface area (Å²) in [7, 11) is 0. The van der Waals surface area contributed by atoms with E-state index in [9.17, 15) is 9.18 Å². The Morgan fingerprint density at radius 2 is 1.86 bits per heavy atom. The number of halogens is 2. The molecule has 0 bridgehead atoms. The monoisotopic (exact) mass is 349 g/mol. The summed E-state index contributed by atoms with van der Waals surface area (Å²) in [4.78, 5) is 12.4. The fourth-order valence-corrected chi connectivity index (χ4v) is 2.61. The van der Waals surface area contributed by atoms with Gasteiger partial charge < -0.3 is 5.32 Å². The summed E-state index contributed by atoms with van der Waals surface area (Å²) in [5.74, 6) is -0.412. The summed E-state index contributed by atoms with van der Waals surface area (Å²) in [6.07, 6.45) is 0. The third-order valence-corrected chi connectivity index (χ3v) is 3.90. The number of hydrogen-bond donors (Lipinski definition) is 1. The maximum atomic E-state index is 13.3. The first-order valence-electron chi connectivity index (χ1n) is 6.68. The van der Waals surface area contributed by atoms with Crippen molar-refractivity contribution in [3.63, 3.8) is 0 Å². The van der Waals surface area contributed by atoms with Gasteiger partial charge in [-0.1, -0.05) is 46.3 Å². The van der Waals surface area contributed by atoms with Crippen molar-refractivity contribution >= 4 is 21.8 Å². The number of hydrogen-bond acceptors (Lipinski definition) is 1. The molecule has 0 spiro atoms. The molecule has 1 N–H and O–H groups in total. The molecule has 2 nitrogen and oxygen atoms in total. The molecule has 0 aliphatic heterocycles. The zero-order chi connectivity index (χ0) is 15.5. The Balaban J connectivity index is 2.07. The second kappa shape index (κ2) is 6.39. The van der Waals surface area contributed by atoms with E-state index in [1.165, 1.54) is 12.1 Å². The van der Waals surface area contributed by atoms with E-state index in [4.69, 9.17) is 0 Å². The molecule has 1 amide bonds. The van der Waals surface area contributed by atoms with Crippen LogP contribution in [0.15, 0.2) is 53.0 Å². The molecular weight excluding hydrogens is 333 g/mol. The van der Waals surface area contributed by atoms with Gasteiger partial charge in [0.25, 0.3) is 0 Å². The highest BCUT2D eigenvalue weighted by Gasteiger charge is 2.29. The second-order valence-electron chi connectivity index (χ2n) is 5.45. The van der Waals surface area contributed by atoms with Crippen LogP contribution in [0.1, 0.15) is 25.0 Å². The minimum Gasteiger partial charge on any atom is -0.351 e. The lowest BCUT2D eigenvalue weighted by atomic mass is 9.84. The first kappa shape index (κ1) is 15.7. The Kier molecular flexibility index (Phi) is 4.78. The molecule has 2 aromatic rings. The number of carbonyl (C=O) groups excluding carboxylic acids is 1. The summed E-state index contributed by atoms with van der Waals surface area (Å²) >= 11 is 3.24. The first-order chi connectivity index (χ1) is 9.89. The van der Waals surface area contributed by atoms with Crippen molar-refractivity contribution in [2.24, 2.45) is 0 Å². The van der Waals surface area contributed by atoms with Gasteiger partial charge in [0.1, 0.15) is 5.82 Å². The van der Waals surface area contributed by atoms with Gasteiger partial charge in [-0.05, 0) is 43.2 Å². The van der Waals surface area contributed by atoms with Crippen LogP contribution in [0.4, 0.5) is 4.39 Å². The van der Waals surface area contributed by atoms with Crippen LogP contribution >= 0.6 is 15.9 Å². The number of rotatable bonds is 4. The maximum Gasteiger partial charge on any atom is 0.230 e. The van der Waals surface area contributed by atoms with Gasteiger partial charge in [-0.2, -0.15) is 0 Å². The van der Waals surface area contributed by atoms with Crippen LogP contribution in [0.3, 0.4) is 0 Å². The SMILES string of the molecule is CC(C)(C(=O)NCc1cc(F)cc(Br)c1)c1ccccc1. The number of nitrogens with one attached hydrogen (secondary N) is 1. The third kappa shape index (κ3) is 3.91. The van der Waals surface area contributed by atoms with Crippen molar-refractivity contribution in [3.05, 3.63) is 69.9 Å². The molecule has 2 rings (SSSR count). The predicted octanol–water partition coefficient (Wildman–Crippen LogP) is 4.18. The van der Waals surface area contributed by atoms with Crippen molar-refractivity contribution in [1.82, 2.24) is 5.32 Å². The average molecular weight is 350 g/mol. The van der Waals surface area contributed by atoms with Crippen molar-refractivity contribution in [2.45, 2.75) is 25.8 Å². The second-order valence-corrected chi connectivity index (χ2v) is 6.37. The lowest BCUT2D eigenvalue weighted by Gasteiger charge is -2.24. The smallest absolute Gasteiger partial charge is 0.230 e. The molecule has 4 heteroatoms. The summed E-state index contributed by atoms with van der Waals surface area (Å²) in [5.41, 5.74) is 1.04. The van der Waals surface area contributed by atoms with E-state index >= 15 is 0 Å². The lowest BCUT2D eigenvalue weighted by molar-refractivity contribution is -0.125. The van der Waals surface area contributed by atoms with Gasteiger partial charge in [-0.3, -0.25) is 4.79 Å². The molecule has 0 aromatic heterocycles. The fraction of sp³-hybridized carbons (Fsp3) is 0.235. The van der Waals surface area contributed by atoms with Crippen LogP contribution in [0, 0.1) is 5.82 Å². The minimum absolute atomic E-state index is 0.0888. The van der Waals surface area contributed by atoms with E-state index in [1.807, 2.05) is 44.2 Å². The number of amides is 1. The molecule has 0 unspecified atom stereocenters. The van der Waals surface area contributed by atoms with Crippen molar-refractivity contribution < 1.29 is 9.18 Å². The molecule has 0 heterocycles. The predicted molar refractivity (Wildman–Crippen MR) is 85.4 cm³/mol. The van der Waals surface area contributed by atoms with Crippen LogP contribution < -0.4 is 5.32 Å². The van der Waals surface area contributed by atoms with E-state index in [0.717, 1.165) is 11.1 Å². The normalized spacial score (nSPS) is 11.2. The molecule has 2 aromatic carbocycles. The Bertz CT molecular complexity index is 620. The van der Waals surface area contributed by atoms with Crippen molar-refractivity contribution in [2.75, 3.05) is 0 Å². The highest BCUT2D eigenvalue weighted by Crippen LogP contribution is 2.23. The molecule has 0 aliphatic rings. The highest BCUT2D eigenvalue weighted by molar-refractivity contribution is 9.10.